The maximum Gasteiger partial charge on any atom is 0.321 e. The van der Waals surface area contributed by atoms with Crippen LogP contribution in [0.5, 0.6) is 0 Å². The number of urea groups is 1. The first kappa shape index (κ1) is 23.3. The number of nitrogens with zero attached hydrogens (tertiary/aromatic N) is 1. The lowest BCUT2D eigenvalue weighted by atomic mass is 9.84. The third-order valence-electron chi connectivity index (χ3n) is 7.14. The van der Waals surface area contributed by atoms with Gasteiger partial charge in [-0.3, -0.25) is 0 Å². The number of hydrogen-bond donors (Lipinski definition) is 1. The van der Waals surface area contributed by atoms with Crippen LogP contribution in [0, 0.1) is 29.4 Å². The van der Waals surface area contributed by atoms with Crippen LogP contribution < -0.4 is 5.32 Å². The molecule has 1 saturated heterocycles. The number of carbonyl (C=O) groups is 1. The van der Waals surface area contributed by atoms with E-state index in [1.807, 2.05) is 17.0 Å². The van der Waals surface area contributed by atoms with Crippen molar-refractivity contribution in [3.8, 4) is 0 Å². The molecule has 3 unspecified atom stereocenters. The molecule has 2 aliphatic rings. The van der Waals surface area contributed by atoms with E-state index in [1.165, 1.54) is 12.5 Å². The second kappa shape index (κ2) is 9.96. The molecule has 0 spiro atoms. The highest BCUT2D eigenvalue weighted by molar-refractivity contribution is 6.36. The van der Waals surface area contributed by atoms with Crippen LogP contribution in [0.3, 0.4) is 0 Å². The summed E-state index contributed by atoms with van der Waals surface area (Å²) in [5.74, 6) is -0.377. The van der Waals surface area contributed by atoms with Crippen LogP contribution >= 0.6 is 23.2 Å². The van der Waals surface area contributed by atoms with Crippen molar-refractivity contribution in [2.24, 2.45) is 17.8 Å². The van der Waals surface area contributed by atoms with E-state index >= 15 is 0 Å². The Balaban J connectivity index is 1.40. The van der Waals surface area contributed by atoms with Gasteiger partial charge in [0.25, 0.3) is 0 Å². The van der Waals surface area contributed by atoms with Crippen molar-refractivity contribution in [1.82, 2.24) is 4.90 Å². The van der Waals surface area contributed by atoms with Crippen LogP contribution in [0.4, 0.5) is 19.3 Å². The highest BCUT2D eigenvalue weighted by atomic mass is 35.5. The maximum absolute atomic E-state index is 13.5. The van der Waals surface area contributed by atoms with E-state index in [9.17, 15) is 13.6 Å². The summed E-state index contributed by atoms with van der Waals surface area (Å²) in [5.41, 5.74) is 2.42. The third-order valence-corrected chi connectivity index (χ3v) is 7.81. The molecule has 2 amide bonds. The molecule has 7 heteroatoms. The largest absolute Gasteiger partial charge is 0.324 e. The van der Waals surface area contributed by atoms with E-state index in [0.29, 0.717) is 30.8 Å². The molecule has 172 valence electrons. The summed E-state index contributed by atoms with van der Waals surface area (Å²) < 4.78 is 26.6. The predicted octanol–water partition coefficient (Wildman–Crippen LogP) is 7.35. The minimum absolute atomic E-state index is 0.261. The molecule has 2 aromatic rings. The van der Waals surface area contributed by atoms with E-state index in [1.54, 1.807) is 0 Å². The second-order valence-electron chi connectivity index (χ2n) is 8.99. The number of aryl methyl sites for hydroxylation is 1. The van der Waals surface area contributed by atoms with Crippen molar-refractivity contribution in [2.75, 3.05) is 18.4 Å². The Morgan fingerprint density at radius 1 is 1.06 bits per heavy atom. The summed E-state index contributed by atoms with van der Waals surface area (Å²) in [6.07, 6.45) is 5.96. The fourth-order valence-electron chi connectivity index (χ4n) is 5.36. The van der Waals surface area contributed by atoms with Gasteiger partial charge in [-0.1, -0.05) is 30.1 Å². The molecule has 3 nitrogen and oxygen atoms in total. The number of amides is 2. The average Bonchev–Trinajstić information content (AvgIpc) is 3.02. The van der Waals surface area contributed by atoms with Crippen molar-refractivity contribution >= 4 is 34.9 Å². The Morgan fingerprint density at radius 2 is 1.78 bits per heavy atom. The van der Waals surface area contributed by atoms with E-state index in [0.717, 1.165) is 65.4 Å². The molecule has 1 aliphatic carbocycles. The topological polar surface area (TPSA) is 32.3 Å². The molecule has 2 bridgehead atoms. The van der Waals surface area contributed by atoms with Gasteiger partial charge < -0.3 is 10.2 Å². The Hall–Kier alpha value is -1.85. The molecule has 1 N–H and O–H groups in total. The lowest BCUT2D eigenvalue weighted by Gasteiger charge is -2.26. The minimum Gasteiger partial charge on any atom is -0.324 e. The van der Waals surface area contributed by atoms with E-state index in [-0.39, 0.29) is 11.7 Å². The molecule has 0 aromatic heterocycles. The quantitative estimate of drug-likeness (QED) is 0.476. The molecule has 1 heterocycles. The van der Waals surface area contributed by atoms with Crippen molar-refractivity contribution < 1.29 is 13.6 Å². The number of halogens is 4. The molecule has 32 heavy (non-hydrogen) atoms. The van der Waals surface area contributed by atoms with Gasteiger partial charge in [-0.2, -0.15) is 0 Å². The van der Waals surface area contributed by atoms with Gasteiger partial charge in [0.15, 0.2) is 11.6 Å². The summed E-state index contributed by atoms with van der Waals surface area (Å²) >= 11 is 13.0. The summed E-state index contributed by atoms with van der Waals surface area (Å²) in [5, 5.41) is 4.19. The zero-order valence-corrected chi connectivity index (χ0v) is 19.7. The average molecular weight is 481 g/mol. The first-order valence-corrected chi connectivity index (χ1v) is 12.1. The molecular formula is C25H28Cl2F2N2O. The van der Waals surface area contributed by atoms with Crippen molar-refractivity contribution in [2.45, 2.75) is 45.4 Å². The van der Waals surface area contributed by atoms with Crippen molar-refractivity contribution in [3.63, 3.8) is 0 Å². The summed E-state index contributed by atoms with van der Waals surface area (Å²) in [6.45, 7) is 3.42. The number of nitrogens with one attached hydrogen (secondary N) is 1. The Morgan fingerprint density at radius 3 is 2.47 bits per heavy atom. The summed E-state index contributed by atoms with van der Waals surface area (Å²) in [4.78, 5) is 14.6. The predicted molar refractivity (Wildman–Crippen MR) is 125 cm³/mol. The first-order valence-electron chi connectivity index (χ1n) is 11.3. The van der Waals surface area contributed by atoms with Gasteiger partial charge in [0.2, 0.25) is 0 Å². The van der Waals surface area contributed by atoms with Crippen LogP contribution in [0.25, 0.3) is 0 Å². The maximum atomic E-state index is 13.5. The number of hydrogen-bond acceptors (Lipinski definition) is 1. The molecule has 1 aliphatic heterocycles. The van der Waals surface area contributed by atoms with Gasteiger partial charge in [-0.25, -0.2) is 13.6 Å². The van der Waals surface area contributed by atoms with Gasteiger partial charge in [0, 0.05) is 34.9 Å². The van der Waals surface area contributed by atoms with Crippen LogP contribution in [0.2, 0.25) is 10.0 Å². The number of likely N-dealkylation sites (tertiary alicyclic amines) is 1. The second-order valence-corrected chi connectivity index (χ2v) is 9.80. The Labute approximate surface area is 198 Å². The highest BCUT2D eigenvalue weighted by Gasteiger charge is 2.40. The number of benzene rings is 2. The van der Waals surface area contributed by atoms with Crippen LogP contribution in [0.1, 0.15) is 43.7 Å². The molecule has 0 radical (unpaired) electrons. The first-order chi connectivity index (χ1) is 15.4. The number of fused-ring (bicyclic) bond motifs is 2. The van der Waals surface area contributed by atoms with Crippen LogP contribution in [-0.2, 0) is 12.8 Å². The summed E-state index contributed by atoms with van der Waals surface area (Å²) in [7, 11) is 0. The molecule has 2 fully saturated rings. The van der Waals surface area contributed by atoms with E-state index in [2.05, 4.69) is 12.2 Å². The Bertz CT molecular complexity index is 977. The fraction of sp³-hybridized carbons (Fsp3) is 0.480. The fourth-order valence-corrected chi connectivity index (χ4v) is 6.09. The number of carbonyl (C=O) groups excluding carboxylic acids is 1. The highest BCUT2D eigenvalue weighted by Crippen LogP contribution is 2.45. The normalized spacial score (nSPS) is 22.7. The zero-order valence-electron chi connectivity index (χ0n) is 18.1. The van der Waals surface area contributed by atoms with E-state index in [4.69, 9.17) is 23.2 Å². The molecular weight excluding hydrogens is 453 g/mol. The molecule has 3 atom stereocenters. The smallest absolute Gasteiger partial charge is 0.321 e. The SMILES string of the molecule is CCc1cc(Cl)c(CCC2C3CCC2CN(C(=O)Nc2ccc(F)c(F)c2)CC3)c(Cl)c1. The van der Waals surface area contributed by atoms with Crippen LogP contribution in [-0.4, -0.2) is 24.0 Å². The molecule has 2 aromatic carbocycles. The molecule has 4 rings (SSSR count). The summed E-state index contributed by atoms with van der Waals surface area (Å²) in [6, 6.07) is 7.17. The Kier molecular flexibility index (Phi) is 7.26. The third kappa shape index (κ3) is 5.04. The van der Waals surface area contributed by atoms with Gasteiger partial charge >= 0.3 is 6.03 Å². The van der Waals surface area contributed by atoms with Gasteiger partial charge in [-0.05, 0) is 91.7 Å². The lowest BCUT2D eigenvalue weighted by Crippen LogP contribution is -2.38. The van der Waals surface area contributed by atoms with Crippen molar-refractivity contribution in [3.05, 3.63) is 63.1 Å². The number of rotatable bonds is 5. The van der Waals surface area contributed by atoms with E-state index < -0.39 is 11.6 Å². The van der Waals surface area contributed by atoms with Crippen molar-refractivity contribution in [1.29, 1.82) is 0 Å². The van der Waals surface area contributed by atoms with Gasteiger partial charge in [0.05, 0.1) is 0 Å². The van der Waals surface area contributed by atoms with Gasteiger partial charge in [-0.15, -0.1) is 0 Å². The monoisotopic (exact) mass is 480 g/mol. The van der Waals surface area contributed by atoms with Crippen LogP contribution in [0.15, 0.2) is 30.3 Å². The lowest BCUT2D eigenvalue weighted by molar-refractivity contribution is 0.199. The zero-order chi connectivity index (χ0) is 22.8. The number of anilines is 1. The standard InChI is InChI=1S/C25H28Cl2F2N2O/c1-2-15-11-21(26)20(22(27)12-15)7-6-19-16-3-4-17(19)14-31(10-9-16)25(32)30-18-5-8-23(28)24(29)13-18/h5,8,11-13,16-17,19H,2-4,6-7,9-10,14H2,1H3,(H,30,32). The molecule has 1 saturated carbocycles. The minimum atomic E-state index is -0.970. The van der Waals surface area contributed by atoms with Gasteiger partial charge in [0.1, 0.15) is 0 Å².